The van der Waals surface area contributed by atoms with E-state index in [9.17, 15) is 8.42 Å². The van der Waals surface area contributed by atoms with Crippen molar-refractivity contribution in [2.24, 2.45) is 15.9 Å². The van der Waals surface area contributed by atoms with Crippen LogP contribution in [0, 0.1) is 5.92 Å². The molecule has 11 nitrogen and oxygen atoms in total. The molecule has 3 rings (SSSR count). The lowest BCUT2D eigenvalue weighted by Gasteiger charge is -2.22. The fourth-order valence-corrected chi connectivity index (χ4v) is 5.38. The number of hydrogen-bond acceptors (Lipinski definition) is 8. The highest BCUT2D eigenvalue weighted by atomic mass is 35.5. The third kappa shape index (κ3) is 6.13. The molecule has 0 radical (unpaired) electrons. The maximum Gasteiger partial charge on any atom is 0.243 e. The fourth-order valence-electron chi connectivity index (χ4n) is 4.10. The minimum Gasteiger partial charge on any atom is -0.494 e. The highest BCUT2D eigenvalue weighted by Gasteiger charge is 2.36. The first kappa shape index (κ1) is 28.6. The first-order valence-electron chi connectivity index (χ1n) is 11.7. The Morgan fingerprint density at radius 3 is 2.46 bits per heavy atom. The average Bonchev–Trinajstić information content (AvgIpc) is 3.47. The molecular formula is C24H33ClN6O5S. The number of nitrogens with zero attached hydrogens (tertiary/aromatic N) is 5. The zero-order valence-corrected chi connectivity index (χ0v) is 23.4. The van der Waals surface area contributed by atoms with Crippen LogP contribution in [0.3, 0.4) is 0 Å². The third-order valence-electron chi connectivity index (χ3n) is 6.39. The molecule has 0 spiro atoms. The van der Waals surface area contributed by atoms with E-state index in [1.807, 2.05) is 6.92 Å². The maximum absolute atomic E-state index is 13.5. The number of aromatic nitrogens is 3. The van der Waals surface area contributed by atoms with E-state index in [0.29, 0.717) is 41.1 Å². The Kier molecular flexibility index (Phi) is 9.32. The van der Waals surface area contributed by atoms with Crippen molar-refractivity contribution in [1.82, 2.24) is 14.8 Å². The van der Waals surface area contributed by atoms with E-state index in [1.165, 1.54) is 20.4 Å². The molecule has 1 N–H and O–H groups in total. The molecule has 1 saturated heterocycles. The second-order valence-electron chi connectivity index (χ2n) is 8.70. The number of para-hydroxylation sites is 1. The van der Waals surface area contributed by atoms with Gasteiger partial charge in [0, 0.05) is 29.7 Å². The Balaban J connectivity index is 2.11. The van der Waals surface area contributed by atoms with Gasteiger partial charge in [-0.1, -0.05) is 24.6 Å². The summed E-state index contributed by atoms with van der Waals surface area (Å²) in [4.78, 5) is 8.08. The Morgan fingerprint density at radius 2 is 1.95 bits per heavy atom. The van der Waals surface area contributed by atoms with Gasteiger partial charge in [-0.05, 0) is 46.0 Å². The van der Waals surface area contributed by atoms with Crippen LogP contribution in [-0.4, -0.2) is 67.9 Å². The SMILES string of the molecule is C=NC(=N/C=C(\C)Cl)[C@@H](C)[C@H](C)S(=O)(=O)Nc1nnc([C@@H]2CCO[C@@H]2C)n1-c1c(OC)cccc1OC. The summed E-state index contributed by atoms with van der Waals surface area (Å²) in [6.07, 6.45) is 1.97. The van der Waals surface area contributed by atoms with Crippen molar-refractivity contribution in [2.45, 2.75) is 51.4 Å². The number of allylic oxidation sites excluding steroid dienone is 1. The normalized spacial score (nSPS) is 20.4. The Hall–Kier alpha value is -2.96. The molecule has 0 aliphatic carbocycles. The molecule has 0 amide bonds. The predicted octanol–water partition coefficient (Wildman–Crippen LogP) is 4.14. The molecule has 0 saturated carbocycles. The lowest BCUT2D eigenvalue weighted by molar-refractivity contribution is 0.117. The van der Waals surface area contributed by atoms with Crippen LogP contribution in [0.5, 0.6) is 11.5 Å². The minimum atomic E-state index is -4.01. The first-order valence-corrected chi connectivity index (χ1v) is 13.6. The topological polar surface area (TPSA) is 129 Å². The number of anilines is 1. The molecule has 2 heterocycles. The van der Waals surface area contributed by atoms with Gasteiger partial charge in [0.2, 0.25) is 16.0 Å². The van der Waals surface area contributed by atoms with Gasteiger partial charge in [0.15, 0.2) is 0 Å². The molecule has 1 aromatic heterocycles. The van der Waals surface area contributed by atoms with Gasteiger partial charge in [-0.25, -0.2) is 18.4 Å². The van der Waals surface area contributed by atoms with Crippen molar-refractivity contribution in [2.75, 3.05) is 25.5 Å². The fraction of sp³-hybridized carbons (Fsp3) is 0.500. The molecule has 2 aromatic rings. The standard InChI is InChI=1S/C24H33ClN6O5S/c1-14(25)13-27-22(26-5)15(2)17(4)37(32,33)30-24-29-28-23(18-11-12-36-16(18)3)31(24)21-19(34-6)9-8-10-20(21)35-7/h8-10,13,15-18H,5,11-12H2,1-4,6-7H3,(H,29,30)/b14-13+,27-22?/t15-,16+,17-,18+/m0/s1. The van der Waals surface area contributed by atoms with Crippen LogP contribution >= 0.6 is 11.6 Å². The van der Waals surface area contributed by atoms with E-state index in [4.69, 9.17) is 25.8 Å². The minimum absolute atomic E-state index is 0.00232. The van der Waals surface area contributed by atoms with E-state index >= 15 is 0 Å². The van der Waals surface area contributed by atoms with Crippen LogP contribution in [0.25, 0.3) is 5.69 Å². The van der Waals surface area contributed by atoms with Gasteiger partial charge in [-0.15, -0.1) is 10.2 Å². The lowest BCUT2D eigenvalue weighted by Crippen LogP contribution is -2.35. The molecule has 4 atom stereocenters. The summed E-state index contributed by atoms with van der Waals surface area (Å²) in [5.74, 6) is 0.961. The van der Waals surface area contributed by atoms with Crippen molar-refractivity contribution < 1.29 is 22.6 Å². The molecule has 0 unspecified atom stereocenters. The number of ether oxygens (including phenoxy) is 3. The number of benzene rings is 1. The molecule has 1 fully saturated rings. The molecule has 37 heavy (non-hydrogen) atoms. The average molecular weight is 553 g/mol. The quantitative estimate of drug-likeness (QED) is 0.346. The number of nitrogens with one attached hydrogen (secondary N) is 1. The third-order valence-corrected chi connectivity index (χ3v) is 8.34. The monoisotopic (exact) mass is 552 g/mol. The van der Waals surface area contributed by atoms with Crippen LogP contribution in [0.1, 0.15) is 45.9 Å². The van der Waals surface area contributed by atoms with Gasteiger partial charge < -0.3 is 14.2 Å². The summed E-state index contributed by atoms with van der Waals surface area (Å²) >= 11 is 5.87. The van der Waals surface area contributed by atoms with Gasteiger partial charge in [0.05, 0.1) is 25.6 Å². The summed E-state index contributed by atoms with van der Waals surface area (Å²) in [5, 5.41) is 8.09. The number of methoxy groups -OCH3 is 2. The summed E-state index contributed by atoms with van der Waals surface area (Å²) in [5.41, 5.74) is 0.475. The van der Waals surface area contributed by atoms with E-state index in [1.54, 1.807) is 43.5 Å². The first-order chi connectivity index (χ1) is 17.5. The highest BCUT2D eigenvalue weighted by molar-refractivity contribution is 7.93. The van der Waals surface area contributed by atoms with Crippen molar-refractivity contribution in [3.8, 4) is 17.2 Å². The van der Waals surface area contributed by atoms with Crippen molar-refractivity contribution in [3.05, 3.63) is 35.3 Å². The van der Waals surface area contributed by atoms with Gasteiger partial charge in [-0.2, -0.15) is 0 Å². The Bertz CT molecular complexity index is 1270. The molecule has 1 aliphatic heterocycles. The number of hydrogen-bond donors (Lipinski definition) is 1. The van der Waals surface area contributed by atoms with Crippen molar-refractivity contribution in [1.29, 1.82) is 0 Å². The Morgan fingerprint density at radius 1 is 1.30 bits per heavy atom. The van der Waals surface area contributed by atoms with E-state index in [2.05, 4.69) is 31.6 Å². The van der Waals surface area contributed by atoms with E-state index in [0.717, 1.165) is 0 Å². The second kappa shape index (κ2) is 12.1. The van der Waals surface area contributed by atoms with Gasteiger partial charge in [0.25, 0.3) is 0 Å². The number of aliphatic imine (C=N–C) groups is 2. The summed E-state index contributed by atoms with van der Waals surface area (Å²) in [6.45, 7) is 10.9. The van der Waals surface area contributed by atoms with Crippen LogP contribution in [0.2, 0.25) is 0 Å². The summed E-state index contributed by atoms with van der Waals surface area (Å²) in [7, 11) is -0.958. The van der Waals surface area contributed by atoms with Crippen LogP contribution in [-0.2, 0) is 14.8 Å². The number of halogens is 1. The number of rotatable bonds is 10. The Labute approximate surface area is 222 Å². The number of sulfonamides is 1. The van der Waals surface area contributed by atoms with Crippen molar-refractivity contribution >= 4 is 40.1 Å². The van der Waals surface area contributed by atoms with Gasteiger partial charge in [-0.3, -0.25) is 9.29 Å². The second-order valence-corrected chi connectivity index (χ2v) is 11.3. The summed E-state index contributed by atoms with van der Waals surface area (Å²) < 4.78 is 48.3. The smallest absolute Gasteiger partial charge is 0.243 e. The largest absolute Gasteiger partial charge is 0.494 e. The highest BCUT2D eigenvalue weighted by Crippen LogP contribution is 2.39. The van der Waals surface area contributed by atoms with Crippen LogP contribution in [0.4, 0.5) is 5.95 Å². The van der Waals surface area contributed by atoms with Crippen molar-refractivity contribution in [3.63, 3.8) is 0 Å². The van der Waals surface area contributed by atoms with E-state index < -0.39 is 21.2 Å². The lowest BCUT2D eigenvalue weighted by atomic mass is 10.0. The molecule has 1 aliphatic rings. The molecule has 202 valence electrons. The molecule has 13 heteroatoms. The number of amidine groups is 1. The zero-order chi connectivity index (χ0) is 27.3. The van der Waals surface area contributed by atoms with Crippen LogP contribution < -0.4 is 14.2 Å². The molecule has 0 bridgehead atoms. The summed E-state index contributed by atoms with van der Waals surface area (Å²) in [6, 6.07) is 5.29. The predicted molar refractivity (Wildman–Crippen MR) is 145 cm³/mol. The zero-order valence-electron chi connectivity index (χ0n) is 21.8. The maximum atomic E-state index is 13.5. The molecular weight excluding hydrogens is 520 g/mol. The van der Waals surface area contributed by atoms with Crippen LogP contribution in [0.15, 0.2) is 39.4 Å². The van der Waals surface area contributed by atoms with Gasteiger partial charge >= 0.3 is 0 Å². The van der Waals surface area contributed by atoms with Gasteiger partial charge in [0.1, 0.15) is 28.8 Å². The molecule has 1 aromatic carbocycles. The van der Waals surface area contributed by atoms with E-state index in [-0.39, 0.29) is 23.8 Å².